The molecule has 0 saturated carbocycles. The van der Waals surface area contributed by atoms with E-state index in [1.54, 1.807) is 6.20 Å². The largest absolute Gasteiger partial charge is 0.476 e. The normalized spacial score (nSPS) is 16.1. The lowest BCUT2D eigenvalue weighted by Crippen LogP contribution is -2.32. The lowest BCUT2D eigenvalue weighted by molar-refractivity contribution is -0.131. The molecule has 2 heterocycles. The first-order valence-corrected chi connectivity index (χ1v) is 6.71. The molecule has 0 atom stereocenters. The Labute approximate surface area is 112 Å². The molecular formula is C13H19N3O3. The van der Waals surface area contributed by atoms with Crippen LogP contribution in [0.25, 0.3) is 0 Å². The van der Waals surface area contributed by atoms with Crippen LogP contribution in [0.4, 0.5) is 0 Å². The predicted molar refractivity (Wildman–Crippen MR) is 68.9 cm³/mol. The number of aryl methyl sites for hydroxylation is 1. The Morgan fingerprint density at radius 1 is 1.21 bits per heavy atom. The maximum Gasteiger partial charge on any atom is 0.356 e. The van der Waals surface area contributed by atoms with Crippen molar-refractivity contribution in [3.05, 3.63) is 18.0 Å². The Morgan fingerprint density at radius 3 is 2.47 bits per heavy atom. The molecule has 0 radical (unpaired) electrons. The number of carbonyl (C=O) groups is 2. The summed E-state index contributed by atoms with van der Waals surface area (Å²) in [5, 5.41) is 12.7. The van der Waals surface area contributed by atoms with Crippen molar-refractivity contribution in [3.8, 4) is 0 Å². The van der Waals surface area contributed by atoms with Crippen LogP contribution in [0.5, 0.6) is 0 Å². The fourth-order valence-electron chi connectivity index (χ4n) is 2.29. The summed E-state index contributed by atoms with van der Waals surface area (Å²) in [6, 6.07) is 1.44. The second kappa shape index (κ2) is 6.36. The molecule has 0 bridgehead atoms. The molecule has 1 saturated heterocycles. The van der Waals surface area contributed by atoms with Gasteiger partial charge in [-0.25, -0.2) is 4.79 Å². The molecule has 0 aliphatic carbocycles. The summed E-state index contributed by atoms with van der Waals surface area (Å²) in [6.45, 7) is 2.12. The van der Waals surface area contributed by atoms with E-state index in [0.717, 1.165) is 25.9 Å². The van der Waals surface area contributed by atoms with Crippen LogP contribution >= 0.6 is 0 Å². The second-order valence-corrected chi connectivity index (χ2v) is 4.81. The number of amides is 1. The van der Waals surface area contributed by atoms with Crippen molar-refractivity contribution in [2.45, 2.75) is 38.6 Å². The molecule has 1 aromatic heterocycles. The van der Waals surface area contributed by atoms with E-state index in [4.69, 9.17) is 5.11 Å². The quantitative estimate of drug-likeness (QED) is 0.892. The van der Waals surface area contributed by atoms with Crippen molar-refractivity contribution >= 4 is 11.9 Å². The van der Waals surface area contributed by atoms with Gasteiger partial charge >= 0.3 is 5.97 Å². The van der Waals surface area contributed by atoms with Gasteiger partial charge in [0.15, 0.2) is 5.69 Å². The third-order valence-electron chi connectivity index (χ3n) is 3.37. The zero-order valence-corrected chi connectivity index (χ0v) is 10.9. The van der Waals surface area contributed by atoms with Gasteiger partial charge in [-0.15, -0.1) is 0 Å². The van der Waals surface area contributed by atoms with Gasteiger partial charge in [0.05, 0.1) is 0 Å². The van der Waals surface area contributed by atoms with Gasteiger partial charge in [0.1, 0.15) is 0 Å². The molecule has 1 aliphatic heterocycles. The number of carbonyl (C=O) groups excluding carboxylic acids is 1. The van der Waals surface area contributed by atoms with Gasteiger partial charge in [0.2, 0.25) is 5.91 Å². The Kier molecular flexibility index (Phi) is 4.54. The number of nitrogens with zero attached hydrogens (tertiary/aromatic N) is 3. The van der Waals surface area contributed by atoms with E-state index < -0.39 is 5.97 Å². The molecule has 1 aliphatic rings. The van der Waals surface area contributed by atoms with Gasteiger partial charge in [-0.05, 0) is 18.9 Å². The average molecular weight is 265 g/mol. The van der Waals surface area contributed by atoms with Gasteiger partial charge in [-0.2, -0.15) is 5.10 Å². The van der Waals surface area contributed by atoms with E-state index in [-0.39, 0.29) is 11.6 Å². The van der Waals surface area contributed by atoms with Crippen molar-refractivity contribution in [3.63, 3.8) is 0 Å². The van der Waals surface area contributed by atoms with Crippen LogP contribution in [-0.2, 0) is 11.3 Å². The summed E-state index contributed by atoms with van der Waals surface area (Å²) in [5.41, 5.74) is 0.0159. The Morgan fingerprint density at radius 2 is 1.89 bits per heavy atom. The SMILES string of the molecule is O=C(O)c1ccn(CCC(=O)N2CCCCCC2)n1. The Balaban J connectivity index is 1.83. The van der Waals surface area contributed by atoms with E-state index in [9.17, 15) is 9.59 Å². The zero-order chi connectivity index (χ0) is 13.7. The van der Waals surface area contributed by atoms with Gasteiger partial charge < -0.3 is 10.0 Å². The molecule has 1 fully saturated rings. The summed E-state index contributed by atoms with van der Waals surface area (Å²) < 4.78 is 1.51. The van der Waals surface area contributed by atoms with Crippen LogP contribution in [0.3, 0.4) is 0 Å². The van der Waals surface area contributed by atoms with Gasteiger partial charge in [-0.3, -0.25) is 9.48 Å². The molecule has 19 heavy (non-hydrogen) atoms. The minimum absolute atomic E-state index is 0.0159. The van der Waals surface area contributed by atoms with Crippen LogP contribution in [0.15, 0.2) is 12.3 Å². The molecule has 2 rings (SSSR count). The van der Waals surface area contributed by atoms with Crippen LogP contribution < -0.4 is 0 Å². The molecule has 1 aromatic rings. The number of rotatable bonds is 4. The topological polar surface area (TPSA) is 75.4 Å². The van der Waals surface area contributed by atoms with Gasteiger partial charge in [-0.1, -0.05) is 12.8 Å². The lowest BCUT2D eigenvalue weighted by Gasteiger charge is -2.20. The standard InChI is InChI=1S/C13H19N3O3/c17-12(15-7-3-1-2-4-8-15)6-10-16-9-5-11(14-16)13(18)19/h5,9H,1-4,6-8,10H2,(H,18,19). The maximum absolute atomic E-state index is 12.0. The number of likely N-dealkylation sites (tertiary alicyclic amines) is 1. The van der Waals surface area contributed by atoms with Crippen LogP contribution in [0.2, 0.25) is 0 Å². The highest BCUT2D eigenvalue weighted by Crippen LogP contribution is 2.11. The van der Waals surface area contributed by atoms with Gasteiger partial charge in [0, 0.05) is 32.3 Å². The fraction of sp³-hybridized carbons (Fsp3) is 0.615. The van der Waals surface area contributed by atoms with Crippen molar-refractivity contribution in [1.29, 1.82) is 0 Å². The molecule has 1 amide bonds. The van der Waals surface area contributed by atoms with E-state index in [2.05, 4.69) is 5.10 Å². The second-order valence-electron chi connectivity index (χ2n) is 4.81. The lowest BCUT2D eigenvalue weighted by atomic mass is 10.2. The predicted octanol–water partition coefficient (Wildman–Crippen LogP) is 1.37. The highest BCUT2D eigenvalue weighted by Gasteiger charge is 2.15. The van der Waals surface area contributed by atoms with Gasteiger partial charge in [0.25, 0.3) is 0 Å². The number of aromatic nitrogens is 2. The van der Waals surface area contributed by atoms with E-state index in [1.165, 1.54) is 23.6 Å². The minimum atomic E-state index is -1.04. The fourth-order valence-corrected chi connectivity index (χ4v) is 2.29. The summed E-state index contributed by atoms with van der Waals surface area (Å²) >= 11 is 0. The third-order valence-corrected chi connectivity index (χ3v) is 3.37. The number of hydrogen-bond donors (Lipinski definition) is 1. The first kappa shape index (κ1) is 13.6. The average Bonchev–Trinajstić information content (AvgIpc) is 2.70. The number of carboxylic acids is 1. The van der Waals surface area contributed by atoms with Crippen LogP contribution in [-0.4, -0.2) is 44.8 Å². The highest BCUT2D eigenvalue weighted by molar-refractivity contribution is 5.85. The first-order chi connectivity index (χ1) is 9.16. The monoisotopic (exact) mass is 265 g/mol. The van der Waals surface area contributed by atoms with Crippen LogP contribution in [0.1, 0.15) is 42.6 Å². The summed E-state index contributed by atoms with van der Waals surface area (Å²) in [5.74, 6) is -0.910. The Bertz CT molecular complexity index is 448. The number of aromatic carboxylic acids is 1. The maximum atomic E-state index is 12.0. The molecule has 104 valence electrons. The van der Waals surface area contributed by atoms with E-state index in [1.807, 2.05) is 4.90 Å². The molecule has 1 N–H and O–H groups in total. The molecule has 0 spiro atoms. The van der Waals surface area contributed by atoms with Crippen molar-refractivity contribution in [2.24, 2.45) is 0 Å². The molecule has 6 nitrogen and oxygen atoms in total. The van der Waals surface area contributed by atoms with Crippen molar-refractivity contribution in [1.82, 2.24) is 14.7 Å². The molecule has 0 unspecified atom stereocenters. The summed E-state index contributed by atoms with van der Waals surface area (Å²) in [7, 11) is 0. The Hall–Kier alpha value is -1.85. The smallest absolute Gasteiger partial charge is 0.356 e. The van der Waals surface area contributed by atoms with E-state index in [0.29, 0.717) is 13.0 Å². The van der Waals surface area contributed by atoms with Crippen LogP contribution in [0, 0.1) is 0 Å². The van der Waals surface area contributed by atoms with Crippen molar-refractivity contribution in [2.75, 3.05) is 13.1 Å². The zero-order valence-electron chi connectivity index (χ0n) is 10.9. The summed E-state index contributed by atoms with van der Waals surface area (Å²) in [6.07, 6.45) is 6.53. The first-order valence-electron chi connectivity index (χ1n) is 6.71. The molecular weight excluding hydrogens is 246 g/mol. The number of carboxylic acid groups (broad SMARTS) is 1. The number of hydrogen-bond acceptors (Lipinski definition) is 3. The highest BCUT2D eigenvalue weighted by atomic mass is 16.4. The minimum Gasteiger partial charge on any atom is -0.476 e. The van der Waals surface area contributed by atoms with Crippen molar-refractivity contribution < 1.29 is 14.7 Å². The van der Waals surface area contributed by atoms with E-state index >= 15 is 0 Å². The third kappa shape index (κ3) is 3.81. The molecule has 0 aromatic carbocycles. The molecule has 6 heteroatoms. The summed E-state index contributed by atoms with van der Waals surface area (Å²) in [4.78, 5) is 24.6.